The van der Waals surface area contributed by atoms with Crippen molar-refractivity contribution in [3.63, 3.8) is 0 Å². The number of aliphatic hydroxyl groups excluding tert-OH is 1. The monoisotopic (exact) mass is 840 g/mol. The number of furan rings is 1. The molecule has 3 atom stereocenters. The van der Waals surface area contributed by atoms with Crippen LogP contribution in [0.5, 0.6) is 11.5 Å². The molecule has 19 nitrogen and oxygen atoms in total. The molecule has 60 heavy (non-hydrogen) atoms. The smallest absolute Gasteiger partial charge is 0.363 e. The fraction of sp³-hybridized carbons (Fsp3) is 0.439. The van der Waals surface area contributed by atoms with E-state index in [1.54, 1.807) is 26.0 Å². The third kappa shape index (κ3) is 14.7. The van der Waals surface area contributed by atoms with E-state index >= 15 is 0 Å². The number of aliphatic carboxylic acids is 2. The molecule has 19 heteroatoms. The first-order valence-electron chi connectivity index (χ1n) is 19.4. The summed E-state index contributed by atoms with van der Waals surface area (Å²) in [6.45, 7) is 5.82. The zero-order chi connectivity index (χ0) is 44.0. The third-order valence-electron chi connectivity index (χ3n) is 8.91. The molecule has 0 saturated carbocycles. The second kappa shape index (κ2) is 25.1. The number of amides is 4. The Labute approximate surface area is 346 Å². The van der Waals surface area contributed by atoms with E-state index in [0.29, 0.717) is 30.6 Å². The average molecular weight is 841 g/mol. The zero-order valence-corrected chi connectivity index (χ0v) is 33.7. The van der Waals surface area contributed by atoms with Gasteiger partial charge in [-0.1, -0.05) is 39.2 Å². The molecule has 0 fully saturated rings. The normalized spacial score (nSPS) is 12.3. The van der Waals surface area contributed by atoms with E-state index < -0.39 is 60.1 Å². The predicted octanol–water partition coefficient (Wildman–Crippen LogP) is 3.40. The molecule has 0 aliphatic carbocycles. The van der Waals surface area contributed by atoms with E-state index in [1.807, 2.05) is 6.92 Å². The molecule has 1 heterocycles. The molecule has 4 amide bonds. The lowest BCUT2D eigenvalue weighted by molar-refractivity contribution is -0.171. The Kier molecular flexibility index (Phi) is 20.0. The topological polar surface area (TPSA) is 270 Å². The molecule has 326 valence electrons. The molecule has 0 aliphatic heterocycles. The summed E-state index contributed by atoms with van der Waals surface area (Å²) < 4.78 is 22.0. The number of hydrogen-bond donors (Lipinski definition) is 6. The third-order valence-corrected chi connectivity index (χ3v) is 8.91. The van der Waals surface area contributed by atoms with Gasteiger partial charge in [0.05, 0.1) is 62.6 Å². The lowest BCUT2D eigenvalue weighted by atomic mass is 9.90. The first kappa shape index (κ1) is 47.9. The van der Waals surface area contributed by atoms with Crippen LogP contribution in [0.3, 0.4) is 0 Å². The van der Waals surface area contributed by atoms with E-state index in [2.05, 4.69) is 16.0 Å². The summed E-state index contributed by atoms with van der Waals surface area (Å²) in [4.78, 5) is 92.9. The molecule has 0 saturated heterocycles. The van der Waals surface area contributed by atoms with Gasteiger partial charge in [0.1, 0.15) is 29.9 Å². The van der Waals surface area contributed by atoms with Gasteiger partial charge in [-0.05, 0) is 68.3 Å². The molecule has 6 N–H and O–H groups in total. The van der Waals surface area contributed by atoms with Crippen molar-refractivity contribution in [2.45, 2.75) is 71.4 Å². The quantitative estimate of drug-likeness (QED) is 0.0265. The highest BCUT2D eigenvalue weighted by molar-refractivity contribution is 6.00. The van der Waals surface area contributed by atoms with Gasteiger partial charge in [-0.3, -0.25) is 24.0 Å². The molecule has 2 aromatic carbocycles. The van der Waals surface area contributed by atoms with Crippen LogP contribution in [-0.2, 0) is 28.8 Å². The van der Waals surface area contributed by atoms with Crippen molar-refractivity contribution in [2.24, 2.45) is 5.92 Å². The molecule has 0 spiro atoms. The summed E-state index contributed by atoms with van der Waals surface area (Å²) in [5.41, 5.74) is 0.475. The molecule has 3 rings (SSSR count). The number of nitrogens with one attached hydrogen (secondary N) is 3. The summed E-state index contributed by atoms with van der Waals surface area (Å²) in [5.74, 6) is -6.00. The molecule has 1 aromatic heterocycles. The van der Waals surface area contributed by atoms with E-state index in [9.17, 15) is 38.7 Å². The van der Waals surface area contributed by atoms with Gasteiger partial charge in [-0.25, -0.2) is 9.59 Å². The van der Waals surface area contributed by atoms with Gasteiger partial charge >= 0.3 is 17.9 Å². The van der Waals surface area contributed by atoms with Gasteiger partial charge in [0, 0.05) is 5.56 Å². The minimum absolute atomic E-state index is 0.0525. The van der Waals surface area contributed by atoms with Gasteiger partial charge in [-0.15, -0.1) is 0 Å². The van der Waals surface area contributed by atoms with Gasteiger partial charge < -0.3 is 54.7 Å². The Morgan fingerprint density at radius 2 is 1.62 bits per heavy atom. The first-order chi connectivity index (χ1) is 28.9. The maximum Gasteiger partial charge on any atom is 0.363 e. The number of rotatable bonds is 28. The highest BCUT2D eigenvalue weighted by atomic mass is 16.7. The average Bonchev–Trinajstić information content (AvgIpc) is 3.73. The van der Waals surface area contributed by atoms with Crippen LogP contribution in [0.25, 0.3) is 11.3 Å². The Morgan fingerprint density at radius 3 is 2.25 bits per heavy atom. The summed E-state index contributed by atoms with van der Waals surface area (Å²) in [6.07, 6.45) is 2.44. The van der Waals surface area contributed by atoms with Crippen molar-refractivity contribution in [1.82, 2.24) is 21.0 Å². The van der Waals surface area contributed by atoms with Crippen molar-refractivity contribution in [1.29, 1.82) is 0 Å². The molecular weight excluding hydrogens is 788 g/mol. The maximum atomic E-state index is 13.6. The standard InChI is InChI=1S/C41H52N4O15/c1-4-7-8-9-29(32(5-2)45(25-47)60-41(55)26-10-13-28(14-11-26)58-21-20-56-19-18-46)37(50)42-24-43-39(52)34-17-16-33(59-34)27-12-15-30(35(22-27)57-6-3)38(51)44-31(40(53)54)23-36(48)49/h10-17,22,25,29,31-32,46H,4-9,18-21,23-24H2,1-3H3,(H,42,50)(H,43,52)(H,44,51)(H,48,49)(H,53,54). The van der Waals surface area contributed by atoms with Gasteiger partial charge in [0.25, 0.3) is 11.8 Å². The number of carbonyl (C=O) groups is 7. The van der Waals surface area contributed by atoms with E-state index in [-0.39, 0.29) is 74.5 Å². The number of ether oxygens (including phenoxy) is 3. The maximum absolute atomic E-state index is 13.6. The van der Waals surface area contributed by atoms with Gasteiger partial charge in [0.2, 0.25) is 12.3 Å². The van der Waals surface area contributed by atoms with E-state index in [4.69, 9.17) is 33.7 Å². The molecule has 3 unspecified atom stereocenters. The van der Waals surface area contributed by atoms with Gasteiger partial charge in [-0.2, -0.15) is 5.06 Å². The highest BCUT2D eigenvalue weighted by Gasteiger charge is 2.34. The Hall–Kier alpha value is -6.47. The number of unbranched alkanes of at least 4 members (excludes halogenated alkanes) is 2. The van der Waals surface area contributed by atoms with Crippen LogP contribution in [0.2, 0.25) is 0 Å². The largest absolute Gasteiger partial charge is 0.493 e. The summed E-state index contributed by atoms with van der Waals surface area (Å²) in [7, 11) is 0. The number of nitrogens with zero attached hydrogens (tertiary/aromatic N) is 1. The van der Waals surface area contributed by atoms with Crippen molar-refractivity contribution in [3.8, 4) is 22.8 Å². The lowest BCUT2D eigenvalue weighted by Gasteiger charge is -2.31. The Balaban J connectivity index is 1.65. The highest BCUT2D eigenvalue weighted by Crippen LogP contribution is 2.29. The second-order valence-electron chi connectivity index (χ2n) is 13.1. The first-order valence-corrected chi connectivity index (χ1v) is 19.4. The minimum Gasteiger partial charge on any atom is -0.493 e. The van der Waals surface area contributed by atoms with Crippen molar-refractivity contribution in [2.75, 3.05) is 39.7 Å². The molecule has 3 aromatic rings. The van der Waals surface area contributed by atoms with Crippen LogP contribution in [0.4, 0.5) is 0 Å². The lowest BCUT2D eigenvalue weighted by Crippen LogP contribution is -2.49. The van der Waals surface area contributed by atoms with E-state index in [1.165, 1.54) is 42.5 Å². The van der Waals surface area contributed by atoms with Crippen molar-refractivity contribution in [3.05, 3.63) is 71.5 Å². The zero-order valence-electron chi connectivity index (χ0n) is 33.7. The van der Waals surface area contributed by atoms with Crippen LogP contribution in [-0.4, -0.2) is 114 Å². The van der Waals surface area contributed by atoms with Crippen molar-refractivity contribution < 1.29 is 72.3 Å². The number of carbonyl (C=O) groups excluding carboxylic acids is 5. The van der Waals surface area contributed by atoms with Crippen LogP contribution in [0.15, 0.2) is 59.0 Å². The fourth-order valence-electron chi connectivity index (χ4n) is 5.94. The second-order valence-corrected chi connectivity index (χ2v) is 13.1. The fourth-order valence-corrected chi connectivity index (χ4v) is 5.94. The minimum atomic E-state index is -1.68. The SMILES string of the molecule is CCCCCC(C(=O)NCNC(=O)c1ccc(-c2ccc(C(=O)NC(CC(=O)O)C(=O)O)c(OCC)c2)o1)C(CC)N(C=O)OC(=O)c1ccc(OCCOCCO)cc1. The number of benzene rings is 2. The number of hydrogen-bond acceptors (Lipinski definition) is 13. The Bertz CT molecular complexity index is 1900. The summed E-state index contributed by atoms with van der Waals surface area (Å²) in [6, 6.07) is 10.7. The van der Waals surface area contributed by atoms with Crippen LogP contribution < -0.4 is 25.4 Å². The van der Waals surface area contributed by atoms with Crippen LogP contribution in [0.1, 0.15) is 90.6 Å². The van der Waals surface area contributed by atoms with Crippen molar-refractivity contribution >= 4 is 42.0 Å². The molecule has 0 radical (unpaired) electrons. The number of aliphatic hydroxyl groups is 1. The van der Waals surface area contributed by atoms with Gasteiger partial charge in [0.15, 0.2) is 5.76 Å². The Morgan fingerprint density at radius 1 is 0.867 bits per heavy atom. The summed E-state index contributed by atoms with van der Waals surface area (Å²) >= 11 is 0. The predicted molar refractivity (Wildman–Crippen MR) is 212 cm³/mol. The number of carboxylic acids is 2. The van der Waals surface area contributed by atoms with Crippen LogP contribution in [0, 0.1) is 5.92 Å². The van der Waals surface area contributed by atoms with Crippen LogP contribution >= 0.6 is 0 Å². The van der Waals surface area contributed by atoms with E-state index in [0.717, 1.165) is 17.9 Å². The molecule has 0 bridgehead atoms. The molecule has 0 aliphatic rings. The molecular formula is C41H52N4O15. The number of hydroxylamine groups is 2. The summed E-state index contributed by atoms with van der Waals surface area (Å²) in [5, 5.41) is 35.4. The number of carboxylic acid groups (broad SMARTS) is 2.